The van der Waals surface area contributed by atoms with E-state index in [0.29, 0.717) is 29.2 Å². The zero-order valence-corrected chi connectivity index (χ0v) is 19.3. The molecule has 5 rings (SSSR count). The van der Waals surface area contributed by atoms with Crippen LogP contribution >= 0.6 is 0 Å². The lowest BCUT2D eigenvalue weighted by Gasteiger charge is -2.19. The summed E-state index contributed by atoms with van der Waals surface area (Å²) in [4.78, 5) is 26.1. The fourth-order valence-electron chi connectivity index (χ4n) is 4.03. The van der Waals surface area contributed by atoms with Crippen LogP contribution in [0.3, 0.4) is 0 Å². The Kier molecular flexibility index (Phi) is 6.01. The van der Waals surface area contributed by atoms with Crippen molar-refractivity contribution in [3.8, 4) is 11.3 Å². The molecule has 0 N–H and O–H groups in total. The SMILES string of the molecule is Cc1ccc(C2=NN(C(=O)COC(=O)c3c(-c4ccccc4)noc3C)[C@H](c3ccco3)C2)cc1. The largest absolute Gasteiger partial charge is 0.467 e. The zero-order valence-electron chi connectivity index (χ0n) is 19.3. The third-order valence-electron chi connectivity index (χ3n) is 5.86. The number of hydrogen-bond donors (Lipinski definition) is 0. The zero-order chi connectivity index (χ0) is 24.4. The molecule has 0 bridgehead atoms. The van der Waals surface area contributed by atoms with Crippen molar-refractivity contribution in [2.45, 2.75) is 26.3 Å². The number of hydrazone groups is 1. The Balaban J connectivity index is 1.35. The predicted molar refractivity (Wildman–Crippen MR) is 128 cm³/mol. The number of hydrogen-bond acceptors (Lipinski definition) is 7. The van der Waals surface area contributed by atoms with Crippen LogP contribution in [0.1, 0.15) is 45.5 Å². The monoisotopic (exact) mass is 469 g/mol. The third-order valence-corrected chi connectivity index (χ3v) is 5.86. The standard InChI is InChI=1S/C27H23N3O5/c1-17-10-12-19(13-11-17)21-15-22(23-9-6-14-33-23)30(28-21)24(31)16-34-27(32)25-18(2)35-29-26(25)20-7-4-3-5-8-20/h3-14,22H,15-16H2,1-2H3/t22-/m0/s1. The van der Waals surface area contributed by atoms with Crippen LogP contribution < -0.4 is 0 Å². The Bertz CT molecular complexity index is 1370. The summed E-state index contributed by atoms with van der Waals surface area (Å²) in [6, 6.07) is 20.3. The van der Waals surface area contributed by atoms with Gasteiger partial charge in [0.1, 0.15) is 28.8 Å². The summed E-state index contributed by atoms with van der Waals surface area (Å²) in [6.07, 6.45) is 2.04. The van der Waals surface area contributed by atoms with Crippen LogP contribution in [0.5, 0.6) is 0 Å². The van der Waals surface area contributed by atoms with Gasteiger partial charge in [0.25, 0.3) is 5.91 Å². The maximum atomic E-state index is 13.2. The van der Waals surface area contributed by atoms with E-state index in [9.17, 15) is 9.59 Å². The van der Waals surface area contributed by atoms with Gasteiger partial charge < -0.3 is 13.7 Å². The molecular formula is C27H23N3O5. The second-order valence-electron chi connectivity index (χ2n) is 8.29. The molecule has 0 fully saturated rings. The highest BCUT2D eigenvalue weighted by Gasteiger charge is 2.35. The van der Waals surface area contributed by atoms with Crippen molar-refractivity contribution in [3.63, 3.8) is 0 Å². The molecule has 0 radical (unpaired) electrons. The van der Waals surface area contributed by atoms with E-state index < -0.39 is 24.5 Å². The first-order valence-corrected chi connectivity index (χ1v) is 11.2. The van der Waals surface area contributed by atoms with E-state index in [-0.39, 0.29) is 5.56 Å². The van der Waals surface area contributed by atoms with Crippen molar-refractivity contribution in [2.24, 2.45) is 5.10 Å². The van der Waals surface area contributed by atoms with Gasteiger partial charge in [0.2, 0.25) is 0 Å². The minimum absolute atomic E-state index is 0.192. The molecule has 1 amide bonds. The molecule has 0 aliphatic carbocycles. The van der Waals surface area contributed by atoms with Gasteiger partial charge in [-0.2, -0.15) is 5.10 Å². The lowest BCUT2D eigenvalue weighted by atomic mass is 10.0. The van der Waals surface area contributed by atoms with Crippen molar-refractivity contribution < 1.29 is 23.3 Å². The van der Waals surface area contributed by atoms with Crippen LogP contribution in [-0.2, 0) is 9.53 Å². The molecule has 0 saturated carbocycles. The molecule has 0 spiro atoms. The average molecular weight is 469 g/mol. The molecule has 176 valence electrons. The summed E-state index contributed by atoms with van der Waals surface area (Å²) < 4.78 is 16.2. The number of rotatable bonds is 6. The Labute approximate surface area is 201 Å². The number of aryl methyl sites for hydroxylation is 2. The summed E-state index contributed by atoms with van der Waals surface area (Å²) in [6.45, 7) is 3.15. The van der Waals surface area contributed by atoms with Crippen LogP contribution in [0.15, 0.2) is 87.0 Å². The van der Waals surface area contributed by atoms with Gasteiger partial charge in [-0.25, -0.2) is 9.80 Å². The van der Waals surface area contributed by atoms with Crippen LogP contribution in [0.2, 0.25) is 0 Å². The van der Waals surface area contributed by atoms with Gasteiger partial charge in [0.05, 0.1) is 12.0 Å². The van der Waals surface area contributed by atoms with Gasteiger partial charge in [-0.3, -0.25) is 4.79 Å². The van der Waals surface area contributed by atoms with Crippen molar-refractivity contribution in [1.82, 2.24) is 10.2 Å². The minimum atomic E-state index is -0.688. The van der Waals surface area contributed by atoms with Crippen molar-refractivity contribution in [2.75, 3.05) is 6.61 Å². The fourth-order valence-corrected chi connectivity index (χ4v) is 4.03. The smallest absolute Gasteiger partial charge is 0.344 e. The van der Waals surface area contributed by atoms with Crippen molar-refractivity contribution in [3.05, 3.63) is 101 Å². The summed E-state index contributed by atoms with van der Waals surface area (Å²) in [5.41, 5.74) is 4.09. The second kappa shape index (κ2) is 9.42. The minimum Gasteiger partial charge on any atom is -0.467 e. The Morgan fingerprint density at radius 2 is 1.77 bits per heavy atom. The quantitative estimate of drug-likeness (QED) is 0.365. The van der Waals surface area contributed by atoms with Gasteiger partial charge in [-0.15, -0.1) is 0 Å². The molecule has 35 heavy (non-hydrogen) atoms. The number of aromatic nitrogens is 1. The lowest BCUT2D eigenvalue weighted by molar-refractivity contribution is -0.136. The summed E-state index contributed by atoms with van der Waals surface area (Å²) in [5, 5.41) is 9.90. The molecule has 3 heterocycles. The van der Waals surface area contributed by atoms with Crippen molar-refractivity contribution >= 4 is 17.6 Å². The topological polar surface area (TPSA) is 98.1 Å². The normalized spacial score (nSPS) is 15.2. The first kappa shape index (κ1) is 22.3. The van der Waals surface area contributed by atoms with E-state index in [1.165, 1.54) is 5.01 Å². The summed E-state index contributed by atoms with van der Waals surface area (Å²) in [5.74, 6) is -0.225. The number of benzene rings is 2. The van der Waals surface area contributed by atoms with Crippen LogP contribution in [0.4, 0.5) is 0 Å². The number of ether oxygens (including phenoxy) is 1. The van der Waals surface area contributed by atoms with E-state index in [4.69, 9.17) is 13.7 Å². The first-order valence-electron chi connectivity index (χ1n) is 11.2. The highest BCUT2D eigenvalue weighted by Crippen LogP contribution is 2.33. The van der Waals surface area contributed by atoms with Gasteiger partial charge in [0.15, 0.2) is 6.61 Å². The molecule has 8 nitrogen and oxygen atoms in total. The molecule has 1 aliphatic heterocycles. The molecule has 2 aromatic heterocycles. The summed E-state index contributed by atoms with van der Waals surface area (Å²) >= 11 is 0. The maximum absolute atomic E-state index is 13.2. The molecule has 8 heteroatoms. The van der Waals surface area contributed by atoms with E-state index in [1.54, 1.807) is 25.3 Å². The number of nitrogens with zero attached hydrogens (tertiary/aromatic N) is 3. The fraction of sp³-hybridized carbons (Fsp3) is 0.185. The second-order valence-corrected chi connectivity index (χ2v) is 8.29. The number of amides is 1. The molecule has 0 unspecified atom stereocenters. The van der Waals surface area contributed by atoms with E-state index in [1.807, 2.05) is 61.5 Å². The molecule has 2 aromatic carbocycles. The van der Waals surface area contributed by atoms with Gasteiger partial charge in [0, 0.05) is 12.0 Å². The third kappa shape index (κ3) is 4.50. The maximum Gasteiger partial charge on any atom is 0.344 e. The predicted octanol–water partition coefficient (Wildman–Crippen LogP) is 5.09. The van der Waals surface area contributed by atoms with Crippen LogP contribution in [0, 0.1) is 13.8 Å². The Morgan fingerprint density at radius 3 is 2.49 bits per heavy atom. The number of carbonyl (C=O) groups excluding carboxylic acids is 2. The summed E-state index contributed by atoms with van der Waals surface area (Å²) in [7, 11) is 0. The number of furan rings is 1. The van der Waals surface area contributed by atoms with Crippen LogP contribution in [0.25, 0.3) is 11.3 Å². The molecule has 4 aromatic rings. The van der Waals surface area contributed by atoms with Gasteiger partial charge >= 0.3 is 5.97 Å². The van der Waals surface area contributed by atoms with E-state index >= 15 is 0 Å². The number of carbonyl (C=O) groups is 2. The Hall–Kier alpha value is -4.46. The van der Waals surface area contributed by atoms with Crippen molar-refractivity contribution in [1.29, 1.82) is 0 Å². The molecule has 1 aliphatic rings. The molecule has 0 saturated heterocycles. The van der Waals surface area contributed by atoms with Crippen LogP contribution in [-0.4, -0.2) is 34.4 Å². The van der Waals surface area contributed by atoms with Gasteiger partial charge in [-0.05, 0) is 31.5 Å². The molecule has 1 atom stereocenters. The van der Waals surface area contributed by atoms with E-state index in [0.717, 1.165) is 16.8 Å². The average Bonchev–Trinajstić information content (AvgIpc) is 3.63. The highest BCUT2D eigenvalue weighted by atomic mass is 16.5. The highest BCUT2D eigenvalue weighted by molar-refractivity contribution is 6.03. The lowest BCUT2D eigenvalue weighted by Crippen LogP contribution is -2.31. The number of esters is 1. The first-order chi connectivity index (χ1) is 17.0. The van der Waals surface area contributed by atoms with E-state index in [2.05, 4.69) is 10.3 Å². The Morgan fingerprint density at radius 1 is 1.00 bits per heavy atom. The van der Waals surface area contributed by atoms with Gasteiger partial charge in [-0.1, -0.05) is 65.3 Å². The molecular weight excluding hydrogens is 446 g/mol.